The first-order valence-corrected chi connectivity index (χ1v) is 5.47. The number of aliphatic hydroxyl groups is 1. The largest absolute Gasteiger partial charge is 0.504 e. The summed E-state index contributed by atoms with van der Waals surface area (Å²) in [5.41, 5.74) is 1.54. The van der Waals surface area contributed by atoms with Crippen molar-refractivity contribution in [1.29, 1.82) is 0 Å². The summed E-state index contributed by atoms with van der Waals surface area (Å²) in [4.78, 5) is 11.6. The molecule has 0 aliphatic rings. The summed E-state index contributed by atoms with van der Waals surface area (Å²) < 4.78 is 0. The third kappa shape index (κ3) is 3.85. The number of rotatable bonds is 4. The highest BCUT2D eigenvalue weighted by atomic mass is 16.3. The summed E-state index contributed by atoms with van der Waals surface area (Å²) in [5, 5.41) is 40.3. The van der Waals surface area contributed by atoms with E-state index in [2.05, 4.69) is 10.5 Å². The fourth-order valence-electron chi connectivity index (χ4n) is 1.11. The Bertz CT molecular complexity index is 488. The highest BCUT2D eigenvalue weighted by molar-refractivity contribution is 5.95. The summed E-state index contributed by atoms with van der Waals surface area (Å²) >= 11 is 0. The van der Waals surface area contributed by atoms with E-state index in [1.807, 2.05) is 0 Å². The van der Waals surface area contributed by atoms with Gasteiger partial charge in [0.1, 0.15) is 0 Å². The Balaban J connectivity index is 2.80. The molecule has 1 rings (SSSR count). The second-order valence-electron chi connectivity index (χ2n) is 4.71. The summed E-state index contributed by atoms with van der Waals surface area (Å²) in [6.07, 6.45) is 1.37. The number of phenolic OH excluding ortho intramolecular Hbond substituents is 3. The number of nitrogens with one attached hydrogen (secondary N) is 1. The quantitative estimate of drug-likeness (QED) is 0.310. The smallest absolute Gasteiger partial charge is 0.271 e. The van der Waals surface area contributed by atoms with Gasteiger partial charge in [-0.05, 0) is 12.1 Å². The van der Waals surface area contributed by atoms with Gasteiger partial charge in [-0.25, -0.2) is 5.43 Å². The van der Waals surface area contributed by atoms with Crippen molar-refractivity contribution < 1.29 is 25.2 Å². The molecule has 0 saturated carbocycles. The molecule has 0 heterocycles. The first-order chi connectivity index (χ1) is 8.76. The maximum absolute atomic E-state index is 11.6. The van der Waals surface area contributed by atoms with Crippen molar-refractivity contribution in [2.24, 2.45) is 10.5 Å². The Kier molecular flexibility index (Phi) is 4.34. The molecule has 1 aromatic rings. The molecule has 104 valence electrons. The Morgan fingerprint density at radius 1 is 1.32 bits per heavy atom. The minimum atomic E-state index is -0.693. The number of carbonyl (C=O) groups is 1. The van der Waals surface area contributed by atoms with Gasteiger partial charge in [-0.3, -0.25) is 4.79 Å². The summed E-state index contributed by atoms with van der Waals surface area (Å²) in [5.74, 6) is -2.58. The van der Waals surface area contributed by atoms with Crippen LogP contribution in [-0.2, 0) is 0 Å². The van der Waals surface area contributed by atoms with Gasteiger partial charge in [0.2, 0.25) is 0 Å². The first-order valence-electron chi connectivity index (χ1n) is 5.47. The van der Waals surface area contributed by atoms with Crippen molar-refractivity contribution in [2.75, 3.05) is 6.61 Å². The number of hydrazone groups is 1. The molecule has 0 radical (unpaired) electrons. The molecule has 7 heteroatoms. The number of hydrogen-bond donors (Lipinski definition) is 5. The standard InChI is InChI=1S/C12H16N2O5/c1-12(2,6-15)5-13-14-11(19)7-3-8(16)10(18)9(17)4-7/h3-5,15-18H,6H2,1-2H3,(H,14,19)/b13-5+. The molecule has 19 heavy (non-hydrogen) atoms. The van der Waals surface area contributed by atoms with Crippen LogP contribution in [0.3, 0.4) is 0 Å². The molecule has 7 nitrogen and oxygen atoms in total. The molecule has 0 spiro atoms. The van der Waals surface area contributed by atoms with Crippen LogP contribution in [0.15, 0.2) is 17.2 Å². The Morgan fingerprint density at radius 2 is 1.84 bits per heavy atom. The number of phenols is 3. The minimum absolute atomic E-state index is 0.0632. The van der Waals surface area contributed by atoms with Crippen LogP contribution in [0, 0.1) is 5.41 Å². The molecule has 0 saturated heterocycles. The fraction of sp³-hybridized carbons (Fsp3) is 0.333. The monoisotopic (exact) mass is 268 g/mol. The van der Waals surface area contributed by atoms with Crippen LogP contribution in [0.2, 0.25) is 0 Å². The maximum Gasteiger partial charge on any atom is 0.271 e. The van der Waals surface area contributed by atoms with Crippen LogP contribution in [0.5, 0.6) is 17.2 Å². The van der Waals surface area contributed by atoms with E-state index in [0.29, 0.717) is 0 Å². The topological polar surface area (TPSA) is 122 Å². The average molecular weight is 268 g/mol. The molecule has 0 unspecified atom stereocenters. The Morgan fingerprint density at radius 3 is 2.32 bits per heavy atom. The van der Waals surface area contributed by atoms with Crippen molar-refractivity contribution >= 4 is 12.1 Å². The third-order valence-electron chi connectivity index (χ3n) is 2.32. The second-order valence-corrected chi connectivity index (χ2v) is 4.71. The van der Waals surface area contributed by atoms with E-state index in [-0.39, 0.29) is 12.2 Å². The van der Waals surface area contributed by atoms with Crippen LogP contribution in [0.1, 0.15) is 24.2 Å². The lowest BCUT2D eigenvalue weighted by atomic mass is 9.97. The van der Waals surface area contributed by atoms with Crippen LogP contribution in [0.25, 0.3) is 0 Å². The van der Waals surface area contributed by atoms with Gasteiger partial charge in [0.15, 0.2) is 17.2 Å². The van der Waals surface area contributed by atoms with Crippen molar-refractivity contribution in [3.8, 4) is 17.2 Å². The maximum atomic E-state index is 11.6. The van der Waals surface area contributed by atoms with Crippen LogP contribution in [0.4, 0.5) is 0 Å². The zero-order chi connectivity index (χ0) is 14.6. The molecule has 1 amide bonds. The number of aliphatic hydroxyl groups excluding tert-OH is 1. The van der Waals surface area contributed by atoms with Crippen molar-refractivity contribution in [3.63, 3.8) is 0 Å². The summed E-state index contributed by atoms with van der Waals surface area (Å²) in [6, 6.07) is 1.99. The molecule has 0 atom stereocenters. The van der Waals surface area contributed by atoms with Crippen LogP contribution in [-0.4, -0.2) is 39.2 Å². The lowest BCUT2D eigenvalue weighted by Crippen LogP contribution is -2.23. The Hall–Kier alpha value is -2.28. The molecule has 1 aromatic carbocycles. The normalized spacial score (nSPS) is 11.7. The number of aromatic hydroxyl groups is 3. The van der Waals surface area contributed by atoms with Gasteiger partial charge in [-0.15, -0.1) is 0 Å². The molecule has 0 bridgehead atoms. The number of hydrogen-bond acceptors (Lipinski definition) is 6. The predicted octanol–water partition coefficient (Wildman–Crippen LogP) is 0.537. The van der Waals surface area contributed by atoms with Gasteiger partial charge in [0.05, 0.1) is 6.61 Å². The van der Waals surface area contributed by atoms with E-state index in [4.69, 9.17) is 10.2 Å². The number of benzene rings is 1. The number of amides is 1. The Labute approximate surface area is 109 Å². The zero-order valence-electron chi connectivity index (χ0n) is 10.6. The average Bonchev–Trinajstić information content (AvgIpc) is 2.35. The summed E-state index contributed by atoms with van der Waals surface area (Å²) in [7, 11) is 0. The molecule has 5 N–H and O–H groups in total. The molecule has 0 aliphatic heterocycles. The van der Waals surface area contributed by atoms with E-state index in [1.165, 1.54) is 6.21 Å². The summed E-state index contributed by atoms with van der Waals surface area (Å²) in [6.45, 7) is 3.31. The third-order valence-corrected chi connectivity index (χ3v) is 2.32. The highest BCUT2D eigenvalue weighted by Gasteiger charge is 2.15. The predicted molar refractivity (Wildman–Crippen MR) is 68.3 cm³/mol. The van der Waals surface area contributed by atoms with E-state index in [0.717, 1.165) is 12.1 Å². The number of nitrogens with zero attached hydrogens (tertiary/aromatic N) is 1. The van der Waals surface area contributed by atoms with Gasteiger partial charge < -0.3 is 20.4 Å². The lowest BCUT2D eigenvalue weighted by Gasteiger charge is -2.14. The second kappa shape index (κ2) is 5.57. The van der Waals surface area contributed by atoms with Gasteiger partial charge in [0, 0.05) is 17.2 Å². The van der Waals surface area contributed by atoms with Gasteiger partial charge in [0.25, 0.3) is 5.91 Å². The van der Waals surface area contributed by atoms with Crippen molar-refractivity contribution in [1.82, 2.24) is 5.43 Å². The van der Waals surface area contributed by atoms with E-state index in [1.54, 1.807) is 13.8 Å². The zero-order valence-corrected chi connectivity index (χ0v) is 10.6. The molecular formula is C12H16N2O5. The van der Waals surface area contributed by atoms with Crippen LogP contribution >= 0.6 is 0 Å². The SMILES string of the molecule is CC(C)(/C=N/NC(=O)c1cc(O)c(O)c(O)c1)CO. The van der Waals surface area contributed by atoms with Gasteiger partial charge >= 0.3 is 0 Å². The number of carbonyl (C=O) groups excluding carboxylic acids is 1. The molecule has 0 aliphatic carbocycles. The minimum Gasteiger partial charge on any atom is -0.504 e. The fourth-order valence-corrected chi connectivity index (χ4v) is 1.11. The molecule has 0 fully saturated rings. The molecule has 0 aromatic heterocycles. The molecular weight excluding hydrogens is 252 g/mol. The van der Waals surface area contributed by atoms with Crippen LogP contribution < -0.4 is 5.43 Å². The van der Waals surface area contributed by atoms with E-state index in [9.17, 15) is 15.0 Å². The lowest BCUT2D eigenvalue weighted by molar-refractivity contribution is 0.0953. The highest BCUT2D eigenvalue weighted by Crippen LogP contribution is 2.35. The van der Waals surface area contributed by atoms with Crippen molar-refractivity contribution in [2.45, 2.75) is 13.8 Å². The first kappa shape index (κ1) is 14.8. The van der Waals surface area contributed by atoms with E-state index < -0.39 is 28.6 Å². The van der Waals surface area contributed by atoms with Gasteiger partial charge in [-0.1, -0.05) is 13.8 Å². The van der Waals surface area contributed by atoms with E-state index >= 15 is 0 Å². The van der Waals surface area contributed by atoms with Crippen molar-refractivity contribution in [3.05, 3.63) is 17.7 Å². The van der Waals surface area contributed by atoms with Gasteiger partial charge in [-0.2, -0.15) is 5.10 Å².